The minimum absolute atomic E-state index is 0.212. The zero-order valence-corrected chi connectivity index (χ0v) is 16.1. The Bertz CT molecular complexity index is 761. The first kappa shape index (κ1) is 18.4. The van der Waals surface area contributed by atoms with E-state index in [9.17, 15) is 4.79 Å². The van der Waals surface area contributed by atoms with E-state index in [0.717, 1.165) is 30.5 Å². The average molecular weight is 372 g/mol. The number of rotatable bonds is 6. The minimum Gasteiger partial charge on any atom is -0.356 e. The van der Waals surface area contributed by atoms with Crippen LogP contribution >= 0.6 is 11.3 Å². The summed E-state index contributed by atoms with van der Waals surface area (Å²) in [6, 6.07) is 8.26. The quantitative estimate of drug-likeness (QED) is 0.465. The first-order valence-corrected chi connectivity index (χ1v) is 9.67. The number of aryl methyl sites for hydroxylation is 1. The number of benzene rings is 1. The maximum atomic E-state index is 12.4. The number of nitrogens with zero attached hydrogens (tertiary/aromatic N) is 3. The number of guanidine groups is 1. The summed E-state index contributed by atoms with van der Waals surface area (Å²) in [5.74, 6) is 0.947. The Morgan fingerprint density at radius 1 is 1.27 bits per heavy atom. The Labute approximate surface area is 158 Å². The predicted molar refractivity (Wildman–Crippen MR) is 105 cm³/mol. The van der Waals surface area contributed by atoms with Crippen LogP contribution in [0.25, 0.3) is 0 Å². The van der Waals surface area contributed by atoms with Gasteiger partial charge in [-0.05, 0) is 24.5 Å². The molecule has 0 spiro atoms. The number of fused-ring (bicyclic) bond motifs is 1. The van der Waals surface area contributed by atoms with E-state index in [1.807, 2.05) is 30.2 Å². The Balaban J connectivity index is 1.35. The molecule has 2 N–H and O–H groups in total. The Morgan fingerprint density at radius 2 is 2.00 bits per heavy atom. The molecule has 0 bridgehead atoms. The van der Waals surface area contributed by atoms with Crippen molar-refractivity contribution >= 4 is 23.2 Å². The van der Waals surface area contributed by atoms with Crippen molar-refractivity contribution in [2.45, 2.75) is 39.4 Å². The monoisotopic (exact) mass is 371 g/mol. The zero-order chi connectivity index (χ0) is 18.4. The van der Waals surface area contributed by atoms with Gasteiger partial charge in [-0.1, -0.05) is 24.3 Å². The van der Waals surface area contributed by atoms with Crippen molar-refractivity contribution in [3.8, 4) is 0 Å². The molecule has 6 nitrogen and oxygen atoms in total. The lowest BCUT2D eigenvalue weighted by molar-refractivity contribution is -0.131. The molecule has 0 atom stereocenters. The Kier molecular flexibility index (Phi) is 6.22. The van der Waals surface area contributed by atoms with Gasteiger partial charge in [-0.3, -0.25) is 9.79 Å². The Morgan fingerprint density at radius 3 is 2.62 bits per heavy atom. The van der Waals surface area contributed by atoms with Crippen LogP contribution in [0.2, 0.25) is 0 Å². The lowest BCUT2D eigenvalue weighted by Gasteiger charge is -2.16. The molecule has 0 saturated heterocycles. The van der Waals surface area contributed by atoms with E-state index in [2.05, 4.69) is 32.7 Å². The van der Waals surface area contributed by atoms with Crippen LogP contribution in [0.15, 0.2) is 35.5 Å². The molecule has 1 amide bonds. The molecule has 1 aromatic carbocycles. The molecule has 3 rings (SSSR count). The lowest BCUT2D eigenvalue weighted by atomic mass is 10.1. The number of aliphatic imine (C=N–C) groups is 1. The van der Waals surface area contributed by atoms with Gasteiger partial charge in [-0.15, -0.1) is 11.3 Å². The number of thiazole rings is 1. The number of amides is 1. The van der Waals surface area contributed by atoms with Gasteiger partial charge in [-0.2, -0.15) is 0 Å². The molecule has 0 saturated carbocycles. The van der Waals surface area contributed by atoms with Gasteiger partial charge in [0.05, 0.1) is 6.54 Å². The van der Waals surface area contributed by atoms with Gasteiger partial charge in [0.15, 0.2) is 5.96 Å². The highest BCUT2D eigenvalue weighted by Crippen LogP contribution is 2.22. The van der Waals surface area contributed by atoms with Gasteiger partial charge >= 0.3 is 0 Å². The van der Waals surface area contributed by atoms with Crippen LogP contribution in [-0.2, 0) is 24.4 Å². The fourth-order valence-corrected chi connectivity index (χ4v) is 3.70. The second-order valence-electron chi connectivity index (χ2n) is 6.34. The van der Waals surface area contributed by atoms with Crippen LogP contribution in [-0.4, -0.2) is 35.3 Å². The van der Waals surface area contributed by atoms with E-state index < -0.39 is 0 Å². The molecule has 0 fully saturated rings. The van der Waals surface area contributed by atoms with Crippen LogP contribution in [0.3, 0.4) is 0 Å². The second kappa shape index (κ2) is 8.80. The van der Waals surface area contributed by atoms with Gasteiger partial charge in [0, 0.05) is 44.2 Å². The number of aromatic nitrogens is 1. The SMILES string of the molecule is CN=C(NCCCC(=O)N1Cc2ccccc2C1)NCc1ncc(C)s1. The summed E-state index contributed by atoms with van der Waals surface area (Å²) < 4.78 is 0. The van der Waals surface area contributed by atoms with Crippen molar-refractivity contribution < 1.29 is 4.79 Å². The summed E-state index contributed by atoms with van der Waals surface area (Å²) in [5, 5.41) is 7.54. The summed E-state index contributed by atoms with van der Waals surface area (Å²) in [6.45, 7) is 4.88. The lowest BCUT2D eigenvalue weighted by Crippen LogP contribution is -2.37. The fourth-order valence-electron chi connectivity index (χ4n) is 2.98. The van der Waals surface area contributed by atoms with Crippen molar-refractivity contribution in [3.05, 3.63) is 51.5 Å². The summed E-state index contributed by atoms with van der Waals surface area (Å²) in [7, 11) is 1.75. The molecule has 7 heteroatoms. The van der Waals surface area contributed by atoms with Crippen LogP contribution in [0.5, 0.6) is 0 Å². The maximum Gasteiger partial charge on any atom is 0.223 e. The van der Waals surface area contributed by atoms with E-state index in [-0.39, 0.29) is 5.91 Å². The van der Waals surface area contributed by atoms with E-state index in [1.165, 1.54) is 16.0 Å². The van der Waals surface area contributed by atoms with E-state index in [4.69, 9.17) is 0 Å². The third-order valence-electron chi connectivity index (χ3n) is 4.35. The molecule has 26 heavy (non-hydrogen) atoms. The van der Waals surface area contributed by atoms with Crippen molar-refractivity contribution in [1.82, 2.24) is 20.5 Å². The molecular formula is C19H25N5OS. The normalized spacial score (nSPS) is 13.6. The van der Waals surface area contributed by atoms with Crippen molar-refractivity contribution in [1.29, 1.82) is 0 Å². The molecule has 1 aromatic heterocycles. The first-order valence-electron chi connectivity index (χ1n) is 8.86. The van der Waals surface area contributed by atoms with Gasteiger partial charge in [-0.25, -0.2) is 4.98 Å². The predicted octanol–water partition coefficient (Wildman–Crippen LogP) is 2.44. The van der Waals surface area contributed by atoms with Gasteiger partial charge in [0.25, 0.3) is 0 Å². The Hall–Kier alpha value is -2.41. The fraction of sp³-hybridized carbons (Fsp3) is 0.421. The summed E-state index contributed by atoms with van der Waals surface area (Å²) in [6.07, 6.45) is 3.20. The number of nitrogens with one attached hydrogen (secondary N) is 2. The van der Waals surface area contributed by atoms with Crippen molar-refractivity contribution in [3.63, 3.8) is 0 Å². The summed E-state index contributed by atoms with van der Waals surface area (Å²) in [5.41, 5.74) is 2.53. The number of carbonyl (C=O) groups excluding carboxylic acids is 1. The standard InChI is InChI=1S/C19H25N5OS/c1-14-10-22-17(26-14)11-23-19(20-2)21-9-5-8-18(25)24-12-15-6-3-4-7-16(15)13-24/h3-4,6-7,10H,5,8-9,11-13H2,1-2H3,(H2,20,21,23). The van der Waals surface area contributed by atoms with E-state index in [1.54, 1.807) is 18.4 Å². The molecule has 1 aliphatic heterocycles. The zero-order valence-electron chi connectivity index (χ0n) is 15.3. The topological polar surface area (TPSA) is 69.6 Å². The smallest absolute Gasteiger partial charge is 0.223 e. The molecule has 0 radical (unpaired) electrons. The van der Waals surface area contributed by atoms with Gasteiger partial charge in [0.2, 0.25) is 5.91 Å². The third-order valence-corrected chi connectivity index (χ3v) is 5.27. The minimum atomic E-state index is 0.212. The number of hydrogen-bond donors (Lipinski definition) is 2. The summed E-state index contributed by atoms with van der Waals surface area (Å²) >= 11 is 1.67. The van der Waals surface area contributed by atoms with Gasteiger partial charge < -0.3 is 15.5 Å². The van der Waals surface area contributed by atoms with E-state index >= 15 is 0 Å². The highest BCUT2D eigenvalue weighted by Gasteiger charge is 2.22. The van der Waals surface area contributed by atoms with Crippen molar-refractivity contribution in [2.75, 3.05) is 13.6 Å². The van der Waals surface area contributed by atoms with E-state index in [0.29, 0.717) is 19.5 Å². The van der Waals surface area contributed by atoms with Crippen molar-refractivity contribution in [2.24, 2.45) is 4.99 Å². The highest BCUT2D eigenvalue weighted by atomic mass is 32.1. The molecular weight excluding hydrogens is 346 g/mol. The second-order valence-corrected chi connectivity index (χ2v) is 7.66. The third kappa shape index (κ3) is 4.82. The molecule has 0 aliphatic carbocycles. The van der Waals surface area contributed by atoms with Crippen LogP contribution < -0.4 is 10.6 Å². The number of hydrogen-bond acceptors (Lipinski definition) is 4. The average Bonchev–Trinajstić information content (AvgIpc) is 3.26. The number of carbonyl (C=O) groups is 1. The molecule has 2 heterocycles. The summed E-state index contributed by atoms with van der Waals surface area (Å²) in [4.78, 5) is 24.1. The highest BCUT2D eigenvalue weighted by molar-refractivity contribution is 7.11. The van der Waals surface area contributed by atoms with Crippen LogP contribution in [0.1, 0.15) is 33.9 Å². The maximum absolute atomic E-state index is 12.4. The van der Waals surface area contributed by atoms with Gasteiger partial charge in [0.1, 0.15) is 5.01 Å². The molecule has 1 aliphatic rings. The molecule has 0 unspecified atom stereocenters. The largest absolute Gasteiger partial charge is 0.356 e. The van der Waals surface area contributed by atoms with Crippen LogP contribution in [0.4, 0.5) is 0 Å². The van der Waals surface area contributed by atoms with Crippen LogP contribution in [0, 0.1) is 6.92 Å². The molecule has 138 valence electrons. The first-order chi connectivity index (χ1) is 12.7. The molecule has 2 aromatic rings.